The third-order valence-electron chi connectivity index (χ3n) is 12.1. The van der Waals surface area contributed by atoms with Crippen molar-refractivity contribution in [3.05, 3.63) is 84.5 Å². The summed E-state index contributed by atoms with van der Waals surface area (Å²) in [7, 11) is -9.35. The van der Waals surface area contributed by atoms with Crippen molar-refractivity contribution in [3.63, 3.8) is 0 Å². The molecule has 0 amide bonds. The molecule has 0 heterocycles. The second kappa shape index (κ2) is 16.6. The summed E-state index contributed by atoms with van der Waals surface area (Å²) in [4.78, 5) is 0. The molecule has 0 N–H and O–H groups in total. The van der Waals surface area contributed by atoms with Gasteiger partial charge >= 0.3 is 0 Å². The second-order valence-corrected chi connectivity index (χ2v) is 36.3. The van der Waals surface area contributed by atoms with E-state index in [-0.39, 0.29) is 33.4 Å². The smallest absolute Gasteiger partial charge is 0.193 e. The van der Waals surface area contributed by atoms with Crippen LogP contribution in [-0.2, 0) is 22.6 Å². The lowest BCUT2D eigenvalue weighted by molar-refractivity contribution is -0.0879. The van der Waals surface area contributed by atoms with Gasteiger partial charge in [0, 0.05) is 36.4 Å². The van der Waals surface area contributed by atoms with Crippen LogP contribution in [0.5, 0.6) is 0 Å². The Labute approximate surface area is 315 Å². The average Bonchev–Trinajstić information content (AvgIpc) is 3.01. The molecule has 2 aromatic rings. The Morgan fingerprint density at radius 1 is 0.706 bits per heavy atom. The Kier molecular flexibility index (Phi) is 14.3. The van der Waals surface area contributed by atoms with Gasteiger partial charge in [-0.15, -0.1) is 0 Å². The molecule has 3 rings (SSSR count). The molecule has 0 aromatic heterocycles. The van der Waals surface area contributed by atoms with Crippen molar-refractivity contribution in [2.24, 2.45) is 0 Å². The van der Waals surface area contributed by atoms with E-state index in [1.165, 1.54) is 0 Å². The third-order valence-corrected chi connectivity index (χ3v) is 28.6. The van der Waals surface area contributed by atoms with Crippen LogP contribution in [0.1, 0.15) is 75.2 Å². The minimum atomic E-state index is -2.98. The van der Waals surface area contributed by atoms with Gasteiger partial charge in [-0.25, -0.2) is 0 Å². The molecular formula is C42H71O5PSi3. The molecule has 0 spiro atoms. The van der Waals surface area contributed by atoms with Gasteiger partial charge in [-0.1, -0.05) is 136 Å². The summed E-state index contributed by atoms with van der Waals surface area (Å²) in [6.07, 6.45) is 3.08. The summed E-state index contributed by atoms with van der Waals surface area (Å²) < 4.78 is 43.1. The van der Waals surface area contributed by atoms with E-state index in [1.54, 1.807) is 0 Å². The summed E-state index contributed by atoms with van der Waals surface area (Å²) in [5, 5.41) is 1.88. The minimum Gasteiger partial charge on any atom is -0.417 e. The molecule has 3 atom stereocenters. The highest BCUT2D eigenvalue weighted by atomic mass is 31.2. The van der Waals surface area contributed by atoms with Gasteiger partial charge in [-0.3, -0.25) is 0 Å². The monoisotopic (exact) mass is 770 g/mol. The summed E-state index contributed by atoms with van der Waals surface area (Å²) in [5.41, 5.74) is 1.99. The highest BCUT2D eigenvalue weighted by molar-refractivity contribution is 7.78. The topological polar surface area (TPSA) is 54.0 Å². The lowest BCUT2D eigenvalue weighted by Gasteiger charge is -2.49. The molecule has 1 saturated carbocycles. The molecular weight excluding hydrogens is 700 g/mol. The summed E-state index contributed by atoms with van der Waals surface area (Å²) >= 11 is 0. The van der Waals surface area contributed by atoms with Crippen LogP contribution in [0, 0.1) is 0 Å². The molecule has 0 unspecified atom stereocenters. The van der Waals surface area contributed by atoms with E-state index in [0.29, 0.717) is 25.8 Å². The SMILES string of the molecule is C=C1/C(=C\CP(=O)(c2ccccc2)c2ccccc2)C[C@@H](O[Si](C)(C)C(C)(C)C)[C@@H](OCCCO[Si](C)(C)C(C)(C)C)[C@H]1O[Si](C)(C)C(C)(C)C. The fourth-order valence-corrected chi connectivity index (χ4v) is 11.7. The van der Waals surface area contributed by atoms with Crippen molar-refractivity contribution in [2.45, 2.75) is 148 Å². The second-order valence-electron chi connectivity index (χ2n) is 19.1. The van der Waals surface area contributed by atoms with Gasteiger partial charge < -0.3 is 22.6 Å². The molecule has 0 bridgehead atoms. The van der Waals surface area contributed by atoms with Gasteiger partial charge in [0.15, 0.2) is 25.0 Å². The zero-order valence-corrected chi connectivity index (χ0v) is 38.7. The van der Waals surface area contributed by atoms with E-state index in [1.807, 2.05) is 60.7 Å². The van der Waals surface area contributed by atoms with Crippen molar-refractivity contribution in [2.75, 3.05) is 19.4 Å². The van der Waals surface area contributed by atoms with Crippen LogP contribution in [0.2, 0.25) is 54.4 Å². The van der Waals surface area contributed by atoms with Crippen molar-refractivity contribution < 1.29 is 22.6 Å². The predicted octanol–water partition coefficient (Wildman–Crippen LogP) is 11.5. The number of hydrogen-bond acceptors (Lipinski definition) is 5. The maximum atomic E-state index is 15.1. The van der Waals surface area contributed by atoms with E-state index in [2.05, 4.69) is 108 Å². The molecule has 5 nitrogen and oxygen atoms in total. The number of rotatable bonds is 14. The quantitative estimate of drug-likeness (QED) is 0.109. The van der Waals surface area contributed by atoms with Gasteiger partial charge in [-0.2, -0.15) is 0 Å². The Morgan fingerprint density at radius 2 is 1.16 bits per heavy atom. The van der Waals surface area contributed by atoms with E-state index in [4.69, 9.17) is 24.6 Å². The molecule has 0 saturated heterocycles. The molecule has 1 fully saturated rings. The first-order valence-corrected chi connectivity index (χ1v) is 29.5. The van der Waals surface area contributed by atoms with E-state index in [0.717, 1.165) is 28.2 Å². The van der Waals surface area contributed by atoms with Crippen molar-refractivity contribution in [3.8, 4) is 0 Å². The highest BCUT2D eigenvalue weighted by Gasteiger charge is 2.49. The van der Waals surface area contributed by atoms with Gasteiger partial charge in [-0.05, 0) is 72.0 Å². The zero-order chi connectivity index (χ0) is 38.7. The Bertz CT molecular complexity index is 1470. The third kappa shape index (κ3) is 10.9. The van der Waals surface area contributed by atoms with Crippen LogP contribution in [0.3, 0.4) is 0 Å². The van der Waals surface area contributed by atoms with Crippen LogP contribution in [0.4, 0.5) is 0 Å². The van der Waals surface area contributed by atoms with E-state index >= 15 is 4.57 Å². The Hall–Kier alpha value is -1.36. The first-order valence-electron chi connectivity index (χ1n) is 18.9. The van der Waals surface area contributed by atoms with Crippen LogP contribution in [0.25, 0.3) is 0 Å². The number of allylic oxidation sites excluding steroid dienone is 1. The van der Waals surface area contributed by atoms with Crippen LogP contribution >= 0.6 is 7.14 Å². The van der Waals surface area contributed by atoms with Gasteiger partial charge in [0.05, 0.1) is 12.2 Å². The molecule has 1 aliphatic rings. The first-order chi connectivity index (χ1) is 23.2. The highest BCUT2D eigenvalue weighted by Crippen LogP contribution is 2.48. The summed E-state index contributed by atoms with van der Waals surface area (Å²) in [6, 6.07) is 19.8. The summed E-state index contributed by atoms with van der Waals surface area (Å²) in [5.74, 6) is 0. The molecule has 0 radical (unpaired) electrons. The fraction of sp³-hybridized carbons (Fsp3) is 0.619. The van der Waals surface area contributed by atoms with Crippen LogP contribution < -0.4 is 10.6 Å². The van der Waals surface area contributed by atoms with Gasteiger partial charge in [0.2, 0.25) is 0 Å². The lowest BCUT2D eigenvalue weighted by Crippen LogP contribution is -2.57. The fourth-order valence-electron chi connectivity index (χ4n) is 5.50. The molecule has 0 aliphatic heterocycles. The largest absolute Gasteiger partial charge is 0.417 e. The van der Waals surface area contributed by atoms with Crippen LogP contribution in [-0.4, -0.2) is 62.6 Å². The Morgan fingerprint density at radius 3 is 1.61 bits per heavy atom. The first kappa shape index (κ1) is 44.0. The van der Waals surface area contributed by atoms with Crippen LogP contribution in [0.15, 0.2) is 84.5 Å². The predicted molar refractivity (Wildman–Crippen MR) is 228 cm³/mol. The van der Waals surface area contributed by atoms with Gasteiger partial charge in [0.1, 0.15) is 13.2 Å². The van der Waals surface area contributed by atoms with E-state index in [9.17, 15) is 0 Å². The van der Waals surface area contributed by atoms with Crippen molar-refractivity contribution in [1.29, 1.82) is 0 Å². The number of benzene rings is 2. The maximum absolute atomic E-state index is 15.1. The molecule has 51 heavy (non-hydrogen) atoms. The Balaban J connectivity index is 2.07. The maximum Gasteiger partial charge on any atom is 0.193 e. The number of hydrogen-bond donors (Lipinski definition) is 0. The molecule has 9 heteroatoms. The molecule has 2 aromatic carbocycles. The molecule has 1 aliphatic carbocycles. The minimum absolute atomic E-state index is 0.0116. The normalized spacial score (nSPS) is 21.0. The lowest BCUT2D eigenvalue weighted by atomic mass is 9.84. The zero-order valence-electron chi connectivity index (χ0n) is 34.8. The van der Waals surface area contributed by atoms with Crippen molar-refractivity contribution >= 4 is 42.7 Å². The summed E-state index contributed by atoms with van der Waals surface area (Å²) in [6.45, 7) is 40.3. The average molecular weight is 771 g/mol. The molecule has 286 valence electrons. The number of ether oxygens (including phenoxy) is 1. The van der Waals surface area contributed by atoms with Gasteiger partial charge in [0.25, 0.3) is 0 Å². The van der Waals surface area contributed by atoms with Crippen molar-refractivity contribution in [1.82, 2.24) is 0 Å². The van der Waals surface area contributed by atoms with E-state index < -0.39 is 32.1 Å². The standard InChI is InChI=1S/C42H71O5PSi3/c1-33-34(28-31-48(43,35-24-19-17-20-25-35)36-26-21-18-22-27-36)32-37(46-50(13,14)41(5,6)7)39(38(33)47-51(15,16)42(8,9)10)44-29-23-30-45-49(11,12)40(2,3)4/h17-22,24-28,37-39H,1,23,29-32H2,2-16H3/b34-28-/t37-,38+,39-/m1/s1.